The first-order valence-corrected chi connectivity index (χ1v) is 7.68. The largest absolute Gasteiger partial charge is 0.375 e. The molecule has 3 rings (SSSR count). The lowest BCUT2D eigenvalue weighted by Crippen LogP contribution is -2.35. The molecule has 2 N–H and O–H groups in total. The Hall–Kier alpha value is -1.88. The Morgan fingerprint density at radius 1 is 1.15 bits per heavy atom. The summed E-state index contributed by atoms with van der Waals surface area (Å²) in [7, 11) is 0. The molecule has 4 nitrogen and oxygen atoms in total. The molecular weight excluding hydrogens is 270 g/mol. The topological polar surface area (TPSA) is 59.2 Å². The highest BCUT2D eigenvalue weighted by Gasteiger charge is 2.24. The average molecular weight is 287 g/mol. The van der Waals surface area contributed by atoms with Gasteiger partial charge in [0.25, 0.3) is 5.91 Å². The lowest BCUT2D eigenvalue weighted by Gasteiger charge is -2.26. The van der Waals surface area contributed by atoms with E-state index in [0.29, 0.717) is 15.7 Å². The van der Waals surface area contributed by atoms with E-state index in [1.165, 1.54) is 17.8 Å². The maximum absolute atomic E-state index is 12.6. The Morgan fingerprint density at radius 2 is 1.85 bits per heavy atom. The van der Waals surface area contributed by atoms with Crippen molar-refractivity contribution in [2.24, 2.45) is 0 Å². The molecule has 0 aliphatic carbocycles. The Bertz CT molecular complexity index is 603. The molecule has 0 unspecified atom stereocenters. The van der Waals surface area contributed by atoms with Gasteiger partial charge in [0.1, 0.15) is 4.88 Å². The van der Waals surface area contributed by atoms with Crippen molar-refractivity contribution < 1.29 is 4.79 Å². The molecule has 2 aromatic rings. The molecule has 1 fully saturated rings. The zero-order valence-electron chi connectivity index (χ0n) is 11.2. The van der Waals surface area contributed by atoms with Crippen LogP contribution in [0, 0.1) is 0 Å². The van der Waals surface area contributed by atoms with Crippen LogP contribution in [0.3, 0.4) is 0 Å². The molecule has 1 saturated heterocycles. The van der Waals surface area contributed by atoms with E-state index in [2.05, 4.69) is 4.98 Å². The number of nitrogens with zero attached hydrogens (tertiary/aromatic N) is 2. The van der Waals surface area contributed by atoms with Gasteiger partial charge in [-0.3, -0.25) is 4.79 Å². The third-order valence-corrected chi connectivity index (χ3v) is 4.40. The molecule has 1 aromatic carbocycles. The van der Waals surface area contributed by atoms with E-state index in [4.69, 9.17) is 5.73 Å². The lowest BCUT2D eigenvalue weighted by atomic mass is 10.1. The number of amides is 1. The van der Waals surface area contributed by atoms with Crippen LogP contribution in [0.4, 0.5) is 5.13 Å². The third-order valence-electron chi connectivity index (χ3n) is 3.53. The van der Waals surface area contributed by atoms with Gasteiger partial charge < -0.3 is 10.6 Å². The number of anilines is 1. The van der Waals surface area contributed by atoms with Crippen molar-refractivity contribution in [3.05, 3.63) is 35.2 Å². The van der Waals surface area contributed by atoms with Crippen molar-refractivity contribution in [2.45, 2.75) is 19.3 Å². The summed E-state index contributed by atoms with van der Waals surface area (Å²) in [6, 6.07) is 9.76. The van der Waals surface area contributed by atoms with Crippen LogP contribution in [0.25, 0.3) is 11.3 Å². The van der Waals surface area contributed by atoms with E-state index in [0.717, 1.165) is 31.5 Å². The van der Waals surface area contributed by atoms with Crippen molar-refractivity contribution in [3.8, 4) is 11.3 Å². The molecule has 0 saturated carbocycles. The van der Waals surface area contributed by atoms with E-state index in [1.54, 1.807) is 0 Å². The van der Waals surface area contributed by atoms with Crippen LogP contribution in [0.1, 0.15) is 28.9 Å². The monoisotopic (exact) mass is 287 g/mol. The second-order valence-corrected chi connectivity index (χ2v) is 5.98. The zero-order chi connectivity index (χ0) is 13.9. The quantitative estimate of drug-likeness (QED) is 0.923. The maximum atomic E-state index is 12.6. The number of hydrogen-bond donors (Lipinski definition) is 1. The van der Waals surface area contributed by atoms with Crippen molar-refractivity contribution in [1.82, 2.24) is 9.88 Å². The number of nitrogen functional groups attached to an aromatic ring is 1. The molecular formula is C15H17N3OS. The molecule has 1 aliphatic rings. The number of benzene rings is 1. The second-order valence-electron chi connectivity index (χ2n) is 4.95. The Kier molecular flexibility index (Phi) is 3.69. The van der Waals surface area contributed by atoms with Gasteiger partial charge in [0.15, 0.2) is 5.13 Å². The van der Waals surface area contributed by atoms with Gasteiger partial charge in [-0.1, -0.05) is 41.7 Å². The molecule has 104 valence electrons. The summed E-state index contributed by atoms with van der Waals surface area (Å²) in [6.45, 7) is 1.68. The van der Waals surface area contributed by atoms with Gasteiger partial charge in [-0.25, -0.2) is 4.98 Å². The summed E-state index contributed by atoms with van der Waals surface area (Å²) in [5, 5.41) is 0.448. The van der Waals surface area contributed by atoms with Crippen molar-refractivity contribution in [1.29, 1.82) is 0 Å². The van der Waals surface area contributed by atoms with Crippen molar-refractivity contribution in [2.75, 3.05) is 18.8 Å². The Morgan fingerprint density at radius 3 is 2.55 bits per heavy atom. The van der Waals surface area contributed by atoms with Crippen molar-refractivity contribution in [3.63, 3.8) is 0 Å². The highest BCUT2D eigenvalue weighted by molar-refractivity contribution is 7.17. The molecule has 1 aliphatic heterocycles. The summed E-state index contributed by atoms with van der Waals surface area (Å²) >= 11 is 1.29. The Balaban J connectivity index is 1.95. The standard InChI is InChI=1S/C15H17N3OS/c16-15-17-12(11-7-3-1-4-8-11)13(20-15)14(19)18-9-5-2-6-10-18/h1,3-4,7-8H,2,5-6,9-10H2,(H2,16,17). The van der Waals surface area contributed by atoms with Crippen LogP contribution < -0.4 is 5.73 Å². The van der Waals surface area contributed by atoms with Crippen LogP contribution in [-0.2, 0) is 0 Å². The molecule has 0 spiro atoms. The van der Waals surface area contributed by atoms with Gasteiger partial charge in [0.05, 0.1) is 5.69 Å². The first-order chi connectivity index (χ1) is 9.75. The second kappa shape index (κ2) is 5.63. The summed E-state index contributed by atoms with van der Waals surface area (Å²) in [4.78, 5) is 19.6. The van der Waals surface area contributed by atoms with E-state index in [9.17, 15) is 4.79 Å². The van der Waals surface area contributed by atoms with Gasteiger partial charge in [-0.15, -0.1) is 0 Å². The fraction of sp³-hybridized carbons (Fsp3) is 0.333. The molecule has 1 aromatic heterocycles. The number of carbonyl (C=O) groups is 1. The minimum Gasteiger partial charge on any atom is -0.375 e. The maximum Gasteiger partial charge on any atom is 0.266 e. The number of hydrogen-bond acceptors (Lipinski definition) is 4. The fourth-order valence-electron chi connectivity index (χ4n) is 2.51. The summed E-state index contributed by atoms with van der Waals surface area (Å²) in [5.74, 6) is 0.0674. The first-order valence-electron chi connectivity index (χ1n) is 6.87. The normalized spacial score (nSPS) is 15.3. The molecule has 0 bridgehead atoms. The predicted molar refractivity (Wildman–Crippen MR) is 81.7 cm³/mol. The van der Waals surface area contributed by atoms with Gasteiger partial charge in [-0.05, 0) is 19.3 Å². The van der Waals surface area contributed by atoms with Crippen LogP contribution in [0.2, 0.25) is 0 Å². The van der Waals surface area contributed by atoms with E-state index in [-0.39, 0.29) is 5.91 Å². The first kappa shape index (κ1) is 13.1. The van der Waals surface area contributed by atoms with E-state index >= 15 is 0 Å². The highest BCUT2D eigenvalue weighted by Crippen LogP contribution is 2.31. The highest BCUT2D eigenvalue weighted by atomic mass is 32.1. The molecule has 0 radical (unpaired) electrons. The minimum absolute atomic E-state index is 0.0674. The Labute approximate surface area is 122 Å². The number of nitrogens with two attached hydrogens (primary N) is 1. The van der Waals surface area contributed by atoms with Gasteiger partial charge >= 0.3 is 0 Å². The number of carbonyl (C=O) groups excluding carboxylic acids is 1. The fourth-order valence-corrected chi connectivity index (χ4v) is 3.34. The molecule has 5 heteroatoms. The molecule has 1 amide bonds. The van der Waals surface area contributed by atoms with Crippen LogP contribution in [0.15, 0.2) is 30.3 Å². The smallest absolute Gasteiger partial charge is 0.266 e. The van der Waals surface area contributed by atoms with Gasteiger partial charge in [-0.2, -0.15) is 0 Å². The van der Waals surface area contributed by atoms with Crippen LogP contribution in [-0.4, -0.2) is 28.9 Å². The molecule has 20 heavy (non-hydrogen) atoms. The number of thiazole rings is 1. The average Bonchev–Trinajstić information content (AvgIpc) is 2.90. The SMILES string of the molecule is Nc1nc(-c2ccccc2)c(C(=O)N2CCCCC2)s1. The van der Waals surface area contributed by atoms with Gasteiger partial charge in [0.2, 0.25) is 0 Å². The van der Waals surface area contributed by atoms with Gasteiger partial charge in [0, 0.05) is 18.7 Å². The zero-order valence-corrected chi connectivity index (χ0v) is 12.0. The summed E-state index contributed by atoms with van der Waals surface area (Å²) < 4.78 is 0. The molecule has 2 heterocycles. The summed E-state index contributed by atoms with van der Waals surface area (Å²) in [6.07, 6.45) is 3.38. The minimum atomic E-state index is 0.0674. The molecule has 0 atom stereocenters. The predicted octanol–water partition coefficient (Wildman–Crippen LogP) is 3.02. The van der Waals surface area contributed by atoms with E-state index in [1.807, 2.05) is 35.2 Å². The number of piperidine rings is 1. The number of aromatic nitrogens is 1. The van der Waals surface area contributed by atoms with Crippen LogP contribution >= 0.6 is 11.3 Å². The summed E-state index contributed by atoms with van der Waals surface area (Å²) in [5.41, 5.74) is 7.48. The van der Waals surface area contributed by atoms with Crippen LogP contribution in [0.5, 0.6) is 0 Å². The van der Waals surface area contributed by atoms with E-state index < -0.39 is 0 Å². The number of likely N-dealkylation sites (tertiary alicyclic amines) is 1. The third kappa shape index (κ3) is 2.54. The lowest BCUT2D eigenvalue weighted by molar-refractivity contribution is 0.0730. The van der Waals surface area contributed by atoms with Crippen molar-refractivity contribution >= 4 is 22.4 Å². The number of rotatable bonds is 2.